The van der Waals surface area contributed by atoms with Crippen LogP contribution in [-0.4, -0.2) is 13.6 Å². The summed E-state index contributed by atoms with van der Waals surface area (Å²) in [4.78, 5) is 0. The molecular formula is C13H19F2N. The minimum Gasteiger partial charge on any atom is -0.319 e. The minimum absolute atomic E-state index is 0.0908. The highest BCUT2D eigenvalue weighted by atomic mass is 19.1. The Hall–Kier alpha value is -0.960. The van der Waals surface area contributed by atoms with Crippen LogP contribution < -0.4 is 5.32 Å². The van der Waals surface area contributed by atoms with Crippen molar-refractivity contribution in [3.8, 4) is 0 Å². The van der Waals surface area contributed by atoms with E-state index in [-0.39, 0.29) is 17.0 Å². The van der Waals surface area contributed by atoms with E-state index in [9.17, 15) is 8.78 Å². The van der Waals surface area contributed by atoms with Gasteiger partial charge in [-0.1, -0.05) is 13.8 Å². The average molecular weight is 227 g/mol. The molecule has 1 aromatic rings. The van der Waals surface area contributed by atoms with Crippen LogP contribution in [0.5, 0.6) is 0 Å². The maximum Gasteiger partial charge on any atom is 0.126 e. The highest BCUT2D eigenvalue weighted by Gasteiger charge is 2.17. The van der Waals surface area contributed by atoms with Crippen LogP contribution in [0.4, 0.5) is 8.78 Å². The van der Waals surface area contributed by atoms with Gasteiger partial charge in [-0.15, -0.1) is 0 Å². The lowest BCUT2D eigenvalue weighted by Crippen LogP contribution is -2.27. The fourth-order valence-electron chi connectivity index (χ4n) is 1.77. The predicted octanol–water partition coefficient (Wildman–Crippen LogP) is 3.14. The molecule has 0 aromatic heterocycles. The van der Waals surface area contributed by atoms with Gasteiger partial charge in [0, 0.05) is 0 Å². The molecule has 0 saturated carbocycles. The smallest absolute Gasteiger partial charge is 0.126 e. The summed E-state index contributed by atoms with van der Waals surface area (Å²) in [6.07, 6.45) is 1.40. The SMILES string of the molecule is CNCC(C)(C)CCc1cc(F)ccc1F. The van der Waals surface area contributed by atoms with Gasteiger partial charge in [0.2, 0.25) is 0 Å². The van der Waals surface area contributed by atoms with E-state index in [1.807, 2.05) is 7.05 Å². The van der Waals surface area contributed by atoms with Gasteiger partial charge in [0.25, 0.3) is 0 Å². The fraction of sp³-hybridized carbons (Fsp3) is 0.538. The highest BCUT2D eigenvalue weighted by Crippen LogP contribution is 2.23. The van der Waals surface area contributed by atoms with Gasteiger partial charge in [-0.3, -0.25) is 0 Å². The number of benzene rings is 1. The molecule has 0 saturated heterocycles. The summed E-state index contributed by atoms with van der Waals surface area (Å²) in [5.74, 6) is -0.690. The second-order valence-electron chi connectivity index (χ2n) is 4.93. The molecular weight excluding hydrogens is 208 g/mol. The van der Waals surface area contributed by atoms with Gasteiger partial charge in [-0.05, 0) is 55.6 Å². The molecule has 1 rings (SSSR count). The normalized spacial score (nSPS) is 11.8. The van der Waals surface area contributed by atoms with Crippen molar-refractivity contribution < 1.29 is 8.78 Å². The first-order valence-corrected chi connectivity index (χ1v) is 5.53. The Morgan fingerprint density at radius 3 is 2.56 bits per heavy atom. The van der Waals surface area contributed by atoms with E-state index in [1.54, 1.807) is 0 Å². The van der Waals surface area contributed by atoms with Crippen LogP contribution in [0.2, 0.25) is 0 Å². The number of hydrogen-bond donors (Lipinski definition) is 1. The number of nitrogens with one attached hydrogen (secondary N) is 1. The lowest BCUT2D eigenvalue weighted by atomic mass is 9.86. The zero-order valence-corrected chi connectivity index (χ0v) is 10.1. The molecule has 0 heterocycles. The minimum atomic E-state index is -0.372. The Morgan fingerprint density at radius 1 is 1.25 bits per heavy atom. The molecule has 1 nitrogen and oxygen atoms in total. The number of halogens is 2. The molecule has 0 atom stereocenters. The first-order chi connectivity index (χ1) is 7.44. The Morgan fingerprint density at radius 2 is 1.94 bits per heavy atom. The molecule has 0 amide bonds. The number of hydrogen-bond acceptors (Lipinski definition) is 1. The molecule has 0 unspecified atom stereocenters. The van der Waals surface area contributed by atoms with Gasteiger partial charge in [0.15, 0.2) is 0 Å². The second kappa shape index (κ2) is 5.39. The van der Waals surface area contributed by atoms with Crippen molar-refractivity contribution >= 4 is 0 Å². The largest absolute Gasteiger partial charge is 0.319 e. The van der Waals surface area contributed by atoms with Gasteiger partial charge in [0.1, 0.15) is 11.6 Å². The van der Waals surface area contributed by atoms with E-state index in [0.29, 0.717) is 12.0 Å². The van der Waals surface area contributed by atoms with Crippen molar-refractivity contribution in [2.24, 2.45) is 5.41 Å². The molecule has 1 N–H and O–H groups in total. The van der Waals surface area contributed by atoms with Gasteiger partial charge in [0.05, 0.1) is 0 Å². The molecule has 0 aliphatic heterocycles. The van der Waals surface area contributed by atoms with Gasteiger partial charge in [-0.25, -0.2) is 8.78 Å². The predicted molar refractivity (Wildman–Crippen MR) is 62.4 cm³/mol. The zero-order valence-electron chi connectivity index (χ0n) is 10.1. The monoisotopic (exact) mass is 227 g/mol. The third-order valence-corrected chi connectivity index (χ3v) is 2.73. The lowest BCUT2D eigenvalue weighted by Gasteiger charge is -2.24. The van der Waals surface area contributed by atoms with Gasteiger partial charge < -0.3 is 5.32 Å². The molecule has 3 heteroatoms. The van der Waals surface area contributed by atoms with E-state index >= 15 is 0 Å². The van der Waals surface area contributed by atoms with E-state index < -0.39 is 0 Å². The van der Waals surface area contributed by atoms with Crippen LogP contribution in [0.15, 0.2) is 18.2 Å². The molecule has 90 valence electrons. The van der Waals surface area contributed by atoms with E-state index in [0.717, 1.165) is 19.0 Å². The molecule has 0 bridgehead atoms. The molecule has 16 heavy (non-hydrogen) atoms. The van der Waals surface area contributed by atoms with Crippen LogP contribution in [0.1, 0.15) is 25.8 Å². The van der Waals surface area contributed by atoms with Crippen molar-refractivity contribution in [2.45, 2.75) is 26.7 Å². The van der Waals surface area contributed by atoms with Crippen molar-refractivity contribution in [2.75, 3.05) is 13.6 Å². The zero-order chi connectivity index (χ0) is 12.2. The van der Waals surface area contributed by atoms with Crippen LogP contribution in [0.25, 0.3) is 0 Å². The second-order valence-corrected chi connectivity index (χ2v) is 4.93. The van der Waals surface area contributed by atoms with Crippen LogP contribution >= 0.6 is 0 Å². The van der Waals surface area contributed by atoms with Crippen LogP contribution in [-0.2, 0) is 6.42 Å². The van der Waals surface area contributed by atoms with E-state index in [2.05, 4.69) is 19.2 Å². The summed E-state index contributed by atoms with van der Waals surface area (Å²) >= 11 is 0. The Bertz CT molecular complexity index is 348. The van der Waals surface area contributed by atoms with Crippen LogP contribution in [0, 0.1) is 17.0 Å². The number of rotatable bonds is 5. The van der Waals surface area contributed by atoms with E-state index in [1.165, 1.54) is 12.1 Å². The summed E-state index contributed by atoms with van der Waals surface area (Å²) in [5.41, 5.74) is 0.553. The lowest BCUT2D eigenvalue weighted by molar-refractivity contribution is 0.322. The standard InChI is InChI=1S/C13H19F2N/c1-13(2,9-16-3)7-6-10-8-11(14)4-5-12(10)15/h4-5,8,16H,6-7,9H2,1-3H3. The van der Waals surface area contributed by atoms with Crippen molar-refractivity contribution in [3.05, 3.63) is 35.4 Å². The maximum absolute atomic E-state index is 13.3. The maximum atomic E-state index is 13.3. The summed E-state index contributed by atoms with van der Waals surface area (Å²) in [5, 5.41) is 3.10. The summed E-state index contributed by atoms with van der Waals surface area (Å²) in [7, 11) is 1.89. The molecule has 0 aliphatic rings. The first kappa shape index (κ1) is 13.1. The third-order valence-electron chi connectivity index (χ3n) is 2.73. The molecule has 0 radical (unpaired) electrons. The van der Waals surface area contributed by atoms with Gasteiger partial charge in [-0.2, -0.15) is 0 Å². The van der Waals surface area contributed by atoms with E-state index in [4.69, 9.17) is 0 Å². The van der Waals surface area contributed by atoms with Gasteiger partial charge >= 0.3 is 0 Å². The molecule has 1 aromatic carbocycles. The number of aryl methyl sites for hydroxylation is 1. The fourth-order valence-corrected chi connectivity index (χ4v) is 1.77. The Kier molecular flexibility index (Phi) is 4.42. The summed E-state index contributed by atoms with van der Waals surface area (Å²) in [6, 6.07) is 3.62. The Labute approximate surface area is 95.9 Å². The third kappa shape index (κ3) is 3.89. The summed E-state index contributed by atoms with van der Waals surface area (Å²) in [6.45, 7) is 5.09. The van der Waals surface area contributed by atoms with Crippen LogP contribution in [0.3, 0.4) is 0 Å². The molecule has 0 aliphatic carbocycles. The highest BCUT2D eigenvalue weighted by molar-refractivity contribution is 5.19. The topological polar surface area (TPSA) is 12.0 Å². The van der Waals surface area contributed by atoms with Crippen molar-refractivity contribution in [1.82, 2.24) is 5.32 Å². The molecule has 0 spiro atoms. The van der Waals surface area contributed by atoms with Crippen molar-refractivity contribution in [1.29, 1.82) is 0 Å². The first-order valence-electron chi connectivity index (χ1n) is 5.53. The van der Waals surface area contributed by atoms with Crippen molar-refractivity contribution in [3.63, 3.8) is 0 Å². The molecule has 0 fully saturated rings. The average Bonchev–Trinajstić information content (AvgIpc) is 2.19. The quantitative estimate of drug-likeness (QED) is 0.814. The Balaban J connectivity index is 2.63. The summed E-state index contributed by atoms with van der Waals surface area (Å²) < 4.78 is 26.3.